The molecule has 2 aromatic carbocycles. The minimum Gasteiger partial charge on any atom is -0.347 e. The topological polar surface area (TPSA) is 205 Å². The largest absolute Gasteiger partial charge is 0.347 e. The van der Waals surface area contributed by atoms with Crippen LogP contribution in [0.15, 0.2) is 48.5 Å². The first kappa shape index (κ1) is 54.7. The SMILES string of the molecule is CN[C@@H](C)C(=O)N[C@H]1CCC[C@H]2CC(C)(C)[C@@H](C(=O)N[C@H]3c4ccccc4CC[C@H]3C(=O)N3CCN(C[C@@H]4CCc5ccccc5[C@@H]4NC(=O)[C@H]4N5C(=O)[C@@H](NC(=O)[C@H](C)NC)CCS[C@H]5CC4(C)C)CC3)N2C1=O. The van der Waals surface area contributed by atoms with Gasteiger partial charge in [0.2, 0.25) is 41.4 Å². The van der Waals surface area contributed by atoms with E-state index in [1.54, 1.807) is 49.5 Å². The van der Waals surface area contributed by atoms with Gasteiger partial charge in [0.1, 0.15) is 24.2 Å². The molecule has 7 amide bonds. The molecule has 18 heteroatoms. The summed E-state index contributed by atoms with van der Waals surface area (Å²) in [5, 5.41) is 18.6. The molecule has 0 unspecified atom stereocenters. The number of fused-ring (bicyclic) bond motifs is 4. The van der Waals surface area contributed by atoms with Gasteiger partial charge in [-0.25, -0.2) is 0 Å². The third-order valence-corrected chi connectivity index (χ3v) is 19.3. The Balaban J connectivity index is 0.882. The highest BCUT2D eigenvalue weighted by Crippen LogP contribution is 2.48. The van der Waals surface area contributed by atoms with Gasteiger partial charge in [0.25, 0.3) is 0 Å². The summed E-state index contributed by atoms with van der Waals surface area (Å²) in [6, 6.07) is 11.5. The summed E-state index contributed by atoms with van der Waals surface area (Å²) in [4.78, 5) is 108. The van der Waals surface area contributed by atoms with E-state index in [2.05, 4.69) is 68.8 Å². The Hall–Kier alpha value is -5.04. The summed E-state index contributed by atoms with van der Waals surface area (Å²) in [7, 11) is 3.42. The molecule has 17 nitrogen and oxygen atoms in total. The van der Waals surface area contributed by atoms with E-state index in [-0.39, 0.29) is 64.7 Å². The van der Waals surface area contributed by atoms with E-state index in [0.717, 1.165) is 48.9 Å². The number of rotatable bonds is 13. The van der Waals surface area contributed by atoms with Crippen LogP contribution in [-0.2, 0) is 46.4 Å². The molecule has 0 spiro atoms. The van der Waals surface area contributed by atoms with Crippen molar-refractivity contribution in [1.82, 2.24) is 51.5 Å². The first-order valence-electron chi connectivity index (χ1n) is 27.8. The second-order valence-corrected chi connectivity index (χ2v) is 25.2. The normalized spacial score (nSPS) is 31.1. The number of hydrogen-bond acceptors (Lipinski definition) is 11. The molecule has 2 aliphatic carbocycles. The number of thioether (sulfide) groups is 1. The lowest BCUT2D eigenvalue weighted by atomic mass is 9.77. The van der Waals surface area contributed by atoms with Crippen molar-refractivity contribution >= 4 is 53.1 Å². The van der Waals surface area contributed by atoms with Crippen LogP contribution in [0.3, 0.4) is 0 Å². The first-order chi connectivity index (χ1) is 35.8. The zero-order chi connectivity index (χ0) is 53.5. The van der Waals surface area contributed by atoms with E-state index in [1.165, 1.54) is 5.56 Å². The van der Waals surface area contributed by atoms with Crippen molar-refractivity contribution in [2.75, 3.05) is 52.6 Å². The van der Waals surface area contributed by atoms with E-state index >= 15 is 0 Å². The van der Waals surface area contributed by atoms with Crippen molar-refractivity contribution in [3.8, 4) is 0 Å². The summed E-state index contributed by atoms with van der Waals surface area (Å²) in [5.74, 6) is -1.09. The van der Waals surface area contributed by atoms with Crippen LogP contribution in [0, 0.1) is 22.7 Å². The highest BCUT2D eigenvalue weighted by molar-refractivity contribution is 7.99. The minimum absolute atomic E-state index is 0.0130. The second-order valence-electron chi connectivity index (χ2n) is 24.0. The number of likely N-dealkylation sites (N-methyl/N-ethyl adjacent to an activating group) is 2. The molecule has 0 bridgehead atoms. The third-order valence-electron chi connectivity index (χ3n) is 18.1. The molecule has 5 fully saturated rings. The average Bonchev–Trinajstić information content (AvgIpc) is 3.72. The van der Waals surface area contributed by atoms with Gasteiger partial charge in [0.15, 0.2) is 0 Å². The van der Waals surface area contributed by atoms with Crippen LogP contribution in [0.4, 0.5) is 0 Å². The summed E-state index contributed by atoms with van der Waals surface area (Å²) >= 11 is 1.69. The number of carbonyl (C=O) groups is 7. The van der Waals surface area contributed by atoms with E-state index < -0.39 is 59.0 Å². The summed E-state index contributed by atoms with van der Waals surface area (Å²) in [6.45, 7) is 14.8. The summed E-state index contributed by atoms with van der Waals surface area (Å²) < 4.78 is 0. The number of carbonyl (C=O) groups excluding carboxylic acids is 7. The Kier molecular flexibility index (Phi) is 16.4. The summed E-state index contributed by atoms with van der Waals surface area (Å²) in [6.07, 6.45) is 6.87. The monoisotopic (exact) mass is 1050 g/mol. The zero-order valence-electron chi connectivity index (χ0n) is 45.4. The van der Waals surface area contributed by atoms with Gasteiger partial charge in [-0.1, -0.05) is 76.2 Å². The quantitative estimate of drug-likeness (QED) is 0.172. The Labute approximate surface area is 447 Å². The highest BCUT2D eigenvalue weighted by Gasteiger charge is 2.57. The standard InChI is InChI=1S/C57H82N10O7S/c1-33(58-7)49(68)60-42-19-13-16-38-30-56(3,4)47(66(38)54(42)73)51(70)63-46-40-18-12-10-15-36(40)22-23-41(46)53(72)65-27-25-64(26-28-65)32-37-21-20-35-14-9-11-17-39(35)45(37)62-52(71)48-57(5,6)31-44-67(48)55(74)43(24-29-75-44)61-50(69)34(2)59-8/h9-12,14-15,17-18,33-34,37-38,41-48,58-59H,13,16,19-32H2,1-8H3,(H,60,68)(H,61,69)(H,62,71)(H,63,70)/t33-,34-,37-,38-,41+,42-,43-,44-,45+,46-,47+,48+/m0/s1. The maximum atomic E-state index is 15.0. The molecule has 0 aromatic heterocycles. The molecule has 0 radical (unpaired) electrons. The van der Waals surface area contributed by atoms with E-state index in [9.17, 15) is 33.6 Å². The van der Waals surface area contributed by atoms with Crippen LogP contribution in [-0.4, -0.2) is 161 Å². The first-order valence-corrected chi connectivity index (χ1v) is 28.9. The molecule has 5 saturated heterocycles. The van der Waals surface area contributed by atoms with Gasteiger partial charge < -0.3 is 46.6 Å². The molecule has 7 aliphatic rings. The minimum atomic E-state index is -0.778. The molecular weight excluding hydrogens is 969 g/mol. The van der Waals surface area contributed by atoms with Crippen LogP contribution in [0.1, 0.15) is 127 Å². The molecule has 5 aliphatic heterocycles. The molecule has 75 heavy (non-hydrogen) atoms. The van der Waals surface area contributed by atoms with E-state index in [0.29, 0.717) is 70.5 Å². The molecule has 2 aromatic rings. The maximum absolute atomic E-state index is 15.0. The van der Waals surface area contributed by atoms with Crippen molar-refractivity contribution < 1.29 is 33.6 Å². The molecule has 9 rings (SSSR count). The molecule has 408 valence electrons. The Morgan fingerprint density at radius 1 is 0.640 bits per heavy atom. The molecule has 5 heterocycles. The number of benzene rings is 2. The number of aryl methyl sites for hydroxylation is 2. The van der Waals surface area contributed by atoms with Gasteiger partial charge in [0, 0.05) is 38.8 Å². The third kappa shape index (κ3) is 11.1. The number of nitrogens with one attached hydrogen (secondary N) is 6. The predicted octanol–water partition coefficient (Wildman–Crippen LogP) is 3.43. The maximum Gasteiger partial charge on any atom is 0.246 e. The zero-order valence-corrected chi connectivity index (χ0v) is 46.2. The predicted molar refractivity (Wildman–Crippen MR) is 289 cm³/mol. The number of nitrogens with zero attached hydrogens (tertiary/aromatic N) is 4. The second kappa shape index (κ2) is 22.5. The van der Waals surface area contributed by atoms with Crippen LogP contribution < -0.4 is 31.9 Å². The average molecular weight is 1050 g/mol. The van der Waals surface area contributed by atoms with Crippen molar-refractivity contribution in [3.63, 3.8) is 0 Å². The van der Waals surface area contributed by atoms with Gasteiger partial charge in [-0.2, -0.15) is 0 Å². The fourth-order valence-corrected chi connectivity index (χ4v) is 15.3. The van der Waals surface area contributed by atoms with Gasteiger partial charge in [-0.3, -0.25) is 38.5 Å². The lowest BCUT2D eigenvalue weighted by molar-refractivity contribution is -0.146. The smallest absolute Gasteiger partial charge is 0.246 e. The van der Waals surface area contributed by atoms with Gasteiger partial charge in [-0.15, -0.1) is 11.8 Å². The highest BCUT2D eigenvalue weighted by atomic mass is 32.2. The van der Waals surface area contributed by atoms with E-state index in [4.69, 9.17) is 0 Å². The van der Waals surface area contributed by atoms with E-state index in [1.807, 2.05) is 49.1 Å². The summed E-state index contributed by atoms with van der Waals surface area (Å²) in [5.41, 5.74) is 3.28. The Morgan fingerprint density at radius 2 is 1.17 bits per heavy atom. The Morgan fingerprint density at radius 3 is 1.80 bits per heavy atom. The Bertz CT molecular complexity index is 2500. The van der Waals surface area contributed by atoms with Crippen LogP contribution in [0.5, 0.6) is 0 Å². The van der Waals surface area contributed by atoms with Gasteiger partial charge in [-0.05, 0) is 137 Å². The van der Waals surface area contributed by atoms with Crippen molar-refractivity contribution in [1.29, 1.82) is 0 Å². The van der Waals surface area contributed by atoms with Crippen molar-refractivity contribution in [3.05, 3.63) is 70.8 Å². The lowest BCUT2D eigenvalue weighted by Crippen LogP contribution is -2.59. The van der Waals surface area contributed by atoms with Crippen molar-refractivity contribution in [2.24, 2.45) is 22.7 Å². The molecule has 12 atom stereocenters. The fourth-order valence-electron chi connectivity index (χ4n) is 13.7. The van der Waals surface area contributed by atoms with Crippen molar-refractivity contribution in [2.45, 2.75) is 166 Å². The number of amides is 7. The fraction of sp³-hybridized carbons (Fsp3) is 0.667. The van der Waals surface area contributed by atoms with Crippen LogP contribution >= 0.6 is 11.8 Å². The lowest BCUT2D eigenvalue weighted by Gasteiger charge is -2.43. The van der Waals surface area contributed by atoms with Crippen LogP contribution in [0.25, 0.3) is 0 Å². The number of piperazine rings is 1. The van der Waals surface area contributed by atoms with Crippen LogP contribution in [0.2, 0.25) is 0 Å². The van der Waals surface area contributed by atoms with Gasteiger partial charge in [0.05, 0.1) is 35.5 Å². The molecule has 6 N–H and O–H groups in total. The van der Waals surface area contributed by atoms with Gasteiger partial charge >= 0.3 is 0 Å². The number of hydrogen-bond donors (Lipinski definition) is 6. The molecule has 0 saturated carbocycles. The molecular formula is C57H82N10O7S.